The average molecular weight is 233 g/mol. The Balaban J connectivity index is 1.76. The lowest BCUT2D eigenvalue weighted by atomic mass is 10.2. The molecule has 3 heterocycles. The standard InChI is InChI=1S/C11H15N5O/c12-10-4-3-9(14-15-10)11(17)16-5-7-1-2-8(6-16)13-7/h3-4,7-8,13H,1-2,5-6H2,(H2,12,15). The van der Waals surface area contributed by atoms with Gasteiger partial charge in [0.2, 0.25) is 0 Å². The second kappa shape index (κ2) is 3.96. The van der Waals surface area contributed by atoms with Crippen LogP contribution in [0.25, 0.3) is 0 Å². The highest BCUT2D eigenvalue weighted by Crippen LogP contribution is 2.21. The van der Waals surface area contributed by atoms with E-state index in [1.807, 2.05) is 4.90 Å². The van der Waals surface area contributed by atoms with Crippen LogP contribution < -0.4 is 11.1 Å². The first-order valence-corrected chi connectivity index (χ1v) is 5.87. The molecule has 6 nitrogen and oxygen atoms in total. The van der Waals surface area contributed by atoms with Crippen LogP contribution in [0.1, 0.15) is 23.3 Å². The highest BCUT2D eigenvalue weighted by molar-refractivity contribution is 5.92. The molecule has 0 aliphatic carbocycles. The number of hydrogen-bond acceptors (Lipinski definition) is 5. The van der Waals surface area contributed by atoms with Gasteiger partial charge in [-0.15, -0.1) is 10.2 Å². The van der Waals surface area contributed by atoms with Crippen molar-refractivity contribution in [3.63, 3.8) is 0 Å². The zero-order valence-electron chi connectivity index (χ0n) is 9.47. The minimum Gasteiger partial charge on any atom is -0.382 e. The van der Waals surface area contributed by atoms with Crippen molar-refractivity contribution in [1.82, 2.24) is 20.4 Å². The molecule has 1 aromatic heterocycles. The van der Waals surface area contributed by atoms with Crippen LogP contribution in [0.5, 0.6) is 0 Å². The highest BCUT2D eigenvalue weighted by atomic mass is 16.2. The molecule has 0 aromatic carbocycles. The summed E-state index contributed by atoms with van der Waals surface area (Å²) < 4.78 is 0. The molecule has 6 heteroatoms. The SMILES string of the molecule is Nc1ccc(C(=O)N2CC3CCC(C2)N3)nn1. The monoisotopic (exact) mass is 233 g/mol. The molecule has 2 fully saturated rings. The topological polar surface area (TPSA) is 84.1 Å². The number of carbonyl (C=O) groups excluding carboxylic acids is 1. The molecule has 3 rings (SSSR count). The van der Waals surface area contributed by atoms with Gasteiger partial charge in [-0.25, -0.2) is 0 Å². The number of amides is 1. The van der Waals surface area contributed by atoms with E-state index in [1.165, 1.54) is 0 Å². The van der Waals surface area contributed by atoms with Gasteiger partial charge < -0.3 is 16.0 Å². The quantitative estimate of drug-likeness (QED) is 0.691. The van der Waals surface area contributed by atoms with E-state index in [-0.39, 0.29) is 5.91 Å². The average Bonchev–Trinajstić information content (AvgIpc) is 2.68. The first-order chi connectivity index (χ1) is 8.22. The van der Waals surface area contributed by atoms with Crippen LogP contribution in [0.4, 0.5) is 5.82 Å². The number of nitrogen functional groups attached to an aromatic ring is 1. The second-order valence-electron chi connectivity index (χ2n) is 4.69. The molecule has 0 spiro atoms. The fraction of sp³-hybridized carbons (Fsp3) is 0.545. The van der Waals surface area contributed by atoms with E-state index >= 15 is 0 Å². The Hall–Kier alpha value is -1.69. The number of fused-ring (bicyclic) bond motifs is 2. The van der Waals surface area contributed by atoms with Gasteiger partial charge in [0.15, 0.2) is 5.69 Å². The number of nitrogens with one attached hydrogen (secondary N) is 1. The van der Waals surface area contributed by atoms with Crippen molar-refractivity contribution in [2.24, 2.45) is 0 Å². The van der Waals surface area contributed by atoms with Gasteiger partial charge >= 0.3 is 0 Å². The Kier molecular flexibility index (Phi) is 2.44. The van der Waals surface area contributed by atoms with E-state index < -0.39 is 0 Å². The van der Waals surface area contributed by atoms with Crippen LogP contribution in [0, 0.1) is 0 Å². The molecule has 2 bridgehead atoms. The number of anilines is 1. The first kappa shape index (κ1) is 10.5. The van der Waals surface area contributed by atoms with Crippen LogP contribution in [0.3, 0.4) is 0 Å². The molecule has 2 saturated heterocycles. The Morgan fingerprint density at radius 3 is 2.59 bits per heavy atom. The summed E-state index contributed by atoms with van der Waals surface area (Å²) in [6.07, 6.45) is 2.31. The maximum absolute atomic E-state index is 12.2. The normalized spacial score (nSPS) is 27.2. The van der Waals surface area contributed by atoms with Crippen molar-refractivity contribution in [3.8, 4) is 0 Å². The number of rotatable bonds is 1. The fourth-order valence-electron chi connectivity index (χ4n) is 2.58. The summed E-state index contributed by atoms with van der Waals surface area (Å²) in [4.78, 5) is 14.0. The largest absolute Gasteiger partial charge is 0.382 e. The molecule has 0 saturated carbocycles. The minimum absolute atomic E-state index is 0.0455. The Labute approximate surface area is 99.2 Å². The Bertz CT molecular complexity index is 420. The van der Waals surface area contributed by atoms with E-state index in [0.717, 1.165) is 25.9 Å². The molecule has 3 N–H and O–H groups in total. The molecule has 90 valence electrons. The second-order valence-corrected chi connectivity index (χ2v) is 4.69. The van der Waals surface area contributed by atoms with Gasteiger partial charge in [0.05, 0.1) is 0 Å². The number of likely N-dealkylation sites (tertiary alicyclic amines) is 1. The summed E-state index contributed by atoms with van der Waals surface area (Å²) >= 11 is 0. The van der Waals surface area contributed by atoms with Gasteiger partial charge in [-0.05, 0) is 25.0 Å². The number of carbonyl (C=O) groups is 1. The van der Waals surface area contributed by atoms with Crippen molar-refractivity contribution >= 4 is 11.7 Å². The molecule has 2 aliphatic rings. The highest BCUT2D eigenvalue weighted by Gasteiger charge is 2.34. The van der Waals surface area contributed by atoms with E-state index in [9.17, 15) is 4.79 Å². The lowest BCUT2D eigenvalue weighted by Crippen LogP contribution is -2.53. The van der Waals surface area contributed by atoms with Crippen molar-refractivity contribution in [3.05, 3.63) is 17.8 Å². The molecule has 1 aromatic rings. The molecule has 2 atom stereocenters. The Morgan fingerprint density at radius 1 is 1.29 bits per heavy atom. The van der Waals surface area contributed by atoms with Gasteiger partial charge in [-0.2, -0.15) is 0 Å². The van der Waals surface area contributed by atoms with Crippen LogP contribution in [-0.4, -0.2) is 46.2 Å². The predicted molar refractivity (Wildman–Crippen MR) is 62.3 cm³/mol. The maximum Gasteiger partial charge on any atom is 0.274 e. The lowest BCUT2D eigenvalue weighted by molar-refractivity contribution is 0.0690. The fourth-order valence-corrected chi connectivity index (χ4v) is 2.58. The number of hydrogen-bond donors (Lipinski definition) is 2. The van der Waals surface area contributed by atoms with Crippen molar-refractivity contribution in [1.29, 1.82) is 0 Å². The van der Waals surface area contributed by atoms with Crippen molar-refractivity contribution in [2.75, 3.05) is 18.8 Å². The third-order valence-corrected chi connectivity index (χ3v) is 3.41. The van der Waals surface area contributed by atoms with Gasteiger partial charge in [0, 0.05) is 25.2 Å². The molecule has 0 radical (unpaired) electrons. The lowest BCUT2D eigenvalue weighted by Gasteiger charge is -2.32. The summed E-state index contributed by atoms with van der Waals surface area (Å²) in [6, 6.07) is 4.13. The Morgan fingerprint density at radius 2 is 2.00 bits per heavy atom. The van der Waals surface area contributed by atoms with Crippen LogP contribution >= 0.6 is 0 Å². The number of piperazine rings is 1. The smallest absolute Gasteiger partial charge is 0.274 e. The predicted octanol–water partition coefficient (Wildman–Crippen LogP) is -0.365. The van der Waals surface area contributed by atoms with E-state index in [0.29, 0.717) is 23.6 Å². The van der Waals surface area contributed by atoms with E-state index in [4.69, 9.17) is 5.73 Å². The summed E-state index contributed by atoms with van der Waals surface area (Å²) in [5, 5.41) is 11.0. The van der Waals surface area contributed by atoms with Gasteiger partial charge in [-0.1, -0.05) is 0 Å². The zero-order valence-corrected chi connectivity index (χ0v) is 9.47. The molecule has 17 heavy (non-hydrogen) atoms. The number of nitrogens with zero attached hydrogens (tertiary/aromatic N) is 3. The number of nitrogens with two attached hydrogens (primary N) is 1. The van der Waals surface area contributed by atoms with Crippen LogP contribution in [0.2, 0.25) is 0 Å². The summed E-state index contributed by atoms with van der Waals surface area (Å²) in [6.45, 7) is 1.53. The van der Waals surface area contributed by atoms with Gasteiger partial charge in [0.1, 0.15) is 5.82 Å². The zero-order chi connectivity index (χ0) is 11.8. The van der Waals surface area contributed by atoms with E-state index in [2.05, 4.69) is 15.5 Å². The minimum atomic E-state index is -0.0455. The first-order valence-electron chi connectivity index (χ1n) is 5.87. The third kappa shape index (κ3) is 1.95. The molecule has 2 unspecified atom stereocenters. The van der Waals surface area contributed by atoms with Crippen LogP contribution in [0.15, 0.2) is 12.1 Å². The van der Waals surface area contributed by atoms with Gasteiger partial charge in [-0.3, -0.25) is 4.79 Å². The van der Waals surface area contributed by atoms with Gasteiger partial charge in [0.25, 0.3) is 5.91 Å². The molecule has 2 aliphatic heterocycles. The van der Waals surface area contributed by atoms with Crippen molar-refractivity contribution < 1.29 is 4.79 Å². The van der Waals surface area contributed by atoms with Crippen molar-refractivity contribution in [2.45, 2.75) is 24.9 Å². The number of aromatic nitrogens is 2. The van der Waals surface area contributed by atoms with Crippen LogP contribution in [-0.2, 0) is 0 Å². The summed E-state index contributed by atoms with van der Waals surface area (Å²) in [7, 11) is 0. The summed E-state index contributed by atoms with van der Waals surface area (Å²) in [5.74, 6) is 0.290. The third-order valence-electron chi connectivity index (χ3n) is 3.41. The van der Waals surface area contributed by atoms with E-state index in [1.54, 1.807) is 12.1 Å². The molecule has 1 amide bonds. The molecular weight excluding hydrogens is 218 g/mol. The maximum atomic E-state index is 12.2. The summed E-state index contributed by atoms with van der Waals surface area (Å²) in [5.41, 5.74) is 5.83. The molecular formula is C11H15N5O.